The predicted octanol–water partition coefficient (Wildman–Crippen LogP) is 4.67. The first-order valence-corrected chi connectivity index (χ1v) is 10.9. The van der Waals surface area contributed by atoms with Gasteiger partial charge in [0.05, 0.1) is 22.4 Å². The quantitative estimate of drug-likeness (QED) is 0.364. The van der Waals surface area contributed by atoms with E-state index in [1.54, 1.807) is 4.90 Å². The molecule has 0 aliphatic heterocycles. The van der Waals surface area contributed by atoms with Crippen molar-refractivity contribution in [3.05, 3.63) is 41.4 Å². The van der Waals surface area contributed by atoms with E-state index in [1.165, 1.54) is 11.8 Å². The maximum Gasteiger partial charge on any atom is 0.232 e. The molecule has 1 aliphatic carbocycles. The Morgan fingerprint density at radius 2 is 2.33 bits per heavy atom. The Labute approximate surface area is 171 Å². The fourth-order valence-electron chi connectivity index (χ4n) is 3.65. The van der Waals surface area contributed by atoms with E-state index in [2.05, 4.69) is 6.58 Å². The topological polar surface area (TPSA) is 49.8 Å². The molecule has 1 aromatic rings. The summed E-state index contributed by atoms with van der Waals surface area (Å²) < 4.78 is 5.66. The van der Waals surface area contributed by atoms with E-state index in [9.17, 15) is 9.90 Å². The number of hydrogen-bond donors (Lipinski definition) is 1. The standard InChI is InChI=1S/C21H30ClNO3S/c1-5-18(16-9-10-21(25,6-2)12-16)23(4)20(24)13-27-14-26-19-8-7-15(3)11-17(19)22/h5,7-8,11,16,18,25H,1,6,9-10,12-14H2,2-4H3. The summed E-state index contributed by atoms with van der Waals surface area (Å²) >= 11 is 7.56. The molecule has 1 amide bonds. The Kier molecular flexibility index (Phi) is 8.07. The van der Waals surface area contributed by atoms with Crippen LogP contribution in [0.4, 0.5) is 0 Å². The van der Waals surface area contributed by atoms with Crippen molar-refractivity contribution >= 4 is 29.3 Å². The van der Waals surface area contributed by atoms with Crippen LogP contribution in [0, 0.1) is 12.8 Å². The maximum absolute atomic E-state index is 12.6. The lowest BCUT2D eigenvalue weighted by Crippen LogP contribution is -2.41. The average Bonchev–Trinajstić information content (AvgIpc) is 3.03. The molecule has 0 radical (unpaired) electrons. The Morgan fingerprint density at radius 1 is 1.59 bits per heavy atom. The van der Waals surface area contributed by atoms with Crippen LogP contribution in [0.2, 0.25) is 5.02 Å². The van der Waals surface area contributed by atoms with Gasteiger partial charge in [-0.05, 0) is 56.2 Å². The minimum Gasteiger partial charge on any atom is -0.481 e. The molecule has 150 valence electrons. The first-order valence-electron chi connectivity index (χ1n) is 9.37. The summed E-state index contributed by atoms with van der Waals surface area (Å²) in [5.41, 5.74) is 0.486. The number of likely N-dealkylation sites (N-methyl/N-ethyl adjacent to an activating group) is 1. The highest BCUT2D eigenvalue weighted by Gasteiger charge is 2.40. The van der Waals surface area contributed by atoms with E-state index in [-0.39, 0.29) is 17.9 Å². The van der Waals surface area contributed by atoms with Crippen molar-refractivity contribution in [3.8, 4) is 5.75 Å². The number of ether oxygens (including phenoxy) is 1. The summed E-state index contributed by atoms with van der Waals surface area (Å²) in [5, 5.41) is 11.1. The van der Waals surface area contributed by atoms with Crippen LogP contribution in [0.3, 0.4) is 0 Å². The van der Waals surface area contributed by atoms with E-state index in [1.807, 2.05) is 45.2 Å². The largest absolute Gasteiger partial charge is 0.481 e. The molecule has 0 heterocycles. The van der Waals surface area contributed by atoms with Crippen molar-refractivity contribution in [2.45, 2.75) is 51.2 Å². The normalized spacial score (nSPS) is 23.1. The first-order chi connectivity index (χ1) is 12.8. The monoisotopic (exact) mass is 411 g/mol. The van der Waals surface area contributed by atoms with E-state index < -0.39 is 5.60 Å². The zero-order valence-electron chi connectivity index (χ0n) is 16.4. The summed E-state index contributed by atoms with van der Waals surface area (Å²) in [6, 6.07) is 5.59. The fraction of sp³-hybridized carbons (Fsp3) is 0.571. The number of hydrogen-bond acceptors (Lipinski definition) is 4. The molecule has 1 aromatic carbocycles. The molecule has 2 rings (SSSR count). The smallest absolute Gasteiger partial charge is 0.232 e. The summed E-state index contributed by atoms with van der Waals surface area (Å²) in [5.74, 6) is 1.61. The molecule has 0 spiro atoms. The van der Waals surface area contributed by atoms with E-state index in [0.717, 1.165) is 31.2 Å². The number of rotatable bonds is 9. The summed E-state index contributed by atoms with van der Waals surface area (Å²) in [6.07, 6.45) is 5.01. The number of nitrogens with zero attached hydrogens (tertiary/aromatic N) is 1. The third-order valence-electron chi connectivity index (χ3n) is 5.46. The van der Waals surface area contributed by atoms with Gasteiger partial charge in [-0.15, -0.1) is 18.3 Å². The van der Waals surface area contributed by atoms with Crippen molar-refractivity contribution in [2.24, 2.45) is 5.92 Å². The number of benzene rings is 1. The van der Waals surface area contributed by atoms with Crippen LogP contribution in [0.1, 0.15) is 38.2 Å². The molecule has 6 heteroatoms. The number of carbonyl (C=O) groups excluding carboxylic acids is 1. The summed E-state index contributed by atoms with van der Waals surface area (Å²) in [6.45, 7) is 7.90. The zero-order chi connectivity index (χ0) is 20.0. The van der Waals surface area contributed by atoms with Gasteiger partial charge in [0.25, 0.3) is 0 Å². The van der Waals surface area contributed by atoms with Crippen molar-refractivity contribution in [3.63, 3.8) is 0 Å². The lowest BCUT2D eigenvalue weighted by Gasteiger charge is -2.31. The Morgan fingerprint density at radius 3 is 2.93 bits per heavy atom. The van der Waals surface area contributed by atoms with Crippen molar-refractivity contribution in [2.75, 3.05) is 18.7 Å². The molecule has 0 aromatic heterocycles. The molecule has 1 N–H and O–H groups in total. The number of halogens is 1. The molecule has 1 aliphatic rings. The molecule has 3 unspecified atom stereocenters. The Hall–Kier alpha value is -1.17. The summed E-state index contributed by atoms with van der Waals surface area (Å²) in [4.78, 5) is 14.3. The van der Waals surface area contributed by atoms with Crippen molar-refractivity contribution in [1.82, 2.24) is 4.90 Å². The third-order valence-corrected chi connectivity index (χ3v) is 6.49. The molecule has 0 saturated heterocycles. The summed E-state index contributed by atoms with van der Waals surface area (Å²) in [7, 11) is 1.82. The van der Waals surface area contributed by atoms with Gasteiger partial charge in [-0.3, -0.25) is 4.79 Å². The fourth-order valence-corrected chi connectivity index (χ4v) is 4.61. The van der Waals surface area contributed by atoms with Gasteiger partial charge in [-0.25, -0.2) is 0 Å². The molecule has 1 fully saturated rings. The van der Waals surface area contributed by atoms with Crippen molar-refractivity contribution in [1.29, 1.82) is 0 Å². The minimum absolute atomic E-state index is 0.0374. The van der Waals surface area contributed by atoms with Crippen LogP contribution >= 0.6 is 23.4 Å². The second-order valence-electron chi connectivity index (χ2n) is 7.36. The van der Waals surface area contributed by atoms with Crippen LogP contribution < -0.4 is 4.74 Å². The molecular formula is C21H30ClNO3S. The molecule has 4 nitrogen and oxygen atoms in total. The number of aryl methyl sites for hydroxylation is 1. The average molecular weight is 412 g/mol. The van der Waals surface area contributed by atoms with Gasteiger partial charge in [0, 0.05) is 7.05 Å². The minimum atomic E-state index is -0.592. The highest BCUT2D eigenvalue weighted by Crippen LogP contribution is 2.40. The number of thioether (sulfide) groups is 1. The molecule has 0 bridgehead atoms. The van der Waals surface area contributed by atoms with Gasteiger partial charge >= 0.3 is 0 Å². The van der Waals surface area contributed by atoms with Crippen molar-refractivity contribution < 1.29 is 14.6 Å². The third kappa shape index (κ3) is 5.90. The lowest BCUT2D eigenvalue weighted by atomic mass is 9.92. The maximum atomic E-state index is 12.6. The first kappa shape index (κ1) is 22.1. The van der Waals surface area contributed by atoms with Gasteiger partial charge in [-0.1, -0.05) is 30.7 Å². The molecule has 27 heavy (non-hydrogen) atoms. The van der Waals surface area contributed by atoms with Gasteiger partial charge in [0.2, 0.25) is 5.91 Å². The number of amides is 1. The van der Waals surface area contributed by atoms with Crippen LogP contribution in [0.15, 0.2) is 30.9 Å². The zero-order valence-corrected chi connectivity index (χ0v) is 18.0. The van der Waals surface area contributed by atoms with E-state index in [0.29, 0.717) is 22.5 Å². The highest BCUT2D eigenvalue weighted by molar-refractivity contribution is 7.99. The highest BCUT2D eigenvalue weighted by atomic mass is 35.5. The van der Waals surface area contributed by atoms with E-state index >= 15 is 0 Å². The van der Waals surface area contributed by atoms with Crippen LogP contribution in [0.25, 0.3) is 0 Å². The van der Waals surface area contributed by atoms with Gasteiger partial charge < -0.3 is 14.7 Å². The Balaban J connectivity index is 1.81. The van der Waals surface area contributed by atoms with Crippen LogP contribution in [-0.2, 0) is 4.79 Å². The Bertz CT molecular complexity index is 669. The predicted molar refractivity (Wildman–Crippen MR) is 113 cm³/mol. The SMILES string of the molecule is C=CC(C1CCC(O)(CC)C1)N(C)C(=O)CSCOc1ccc(C)cc1Cl. The number of carbonyl (C=O) groups is 1. The van der Waals surface area contributed by atoms with Gasteiger partial charge in [-0.2, -0.15) is 0 Å². The van der Waals surface area contributed by atoms with Gasteiger partial charge in [0.15, 0.2) is 0 Å². The van der Waals surface area contributed by atoms with Crippen LogP contribution in [-0.4, -0.2) is 46.3 Å². The molecular weight excluding hydrogens is 382 g/mol. The lowest BCUT2D eigenvalue weighted by molar-refractivity contribution is -0.129. The second kappa shape index (κ2) is 9.85. The van der Waals surface area contributed by atoms with E-state index in [4.69, 9.17) is 16.3 Å². The molecule has 3 atom stereocenters. The second-order valence-corrected chi connectivity index (χ2v) is 8.70. The molecule has 1 saturated carbocycles. The number of aliphatic hydroxyl groups is 1. The van der Waals surface area contributed by atoms with Gasteiger partial charge in [0.1, 0.15) is 11.7 Å². The van der Waals surface area contributed by atoms with Crippen LogP contribution in [0.5, 0.6) is 5.75 Å².